The molecule has 0 saturated carbocycles. The maximum Gasteiger partial charge on any atom is 0.227 e. The molecule has 5 heteroatoms. The fraction of sp³-hybridized carbons (Fsp3) is 0.364. The molecule has 1 unspecified atom stereocenters. The Morgan fingerprint density at radius 3 is 2.94 bits per heavy atom. The fourth-order valence-corrected chi connectivity index (χ4v) is 2.55. The van der Waals surface area contributed by atoms with E-state index in [9.17, 15) is 4.79 Å². The molecular weight excluding hydrogens is 338 g/mol. The molecule has 1 heterocycles. The van der Waals surface area contributed by atoms with Crippen LogP contribution in [0, 0.1) is 9.49 Å². The minimum Gasteiger partial charge on any atom is -0.397 e. The highest BCUT2D eigenvalue weighted by molar-refractivity contribution is 14.1. The molecule has 2 N–H and O–H groups in total. The predicted molar refractivity (Wildman–Crippen MR) is 74.8 cm³/mol. The SMILES string of the molecule is Nc1ccc(I)cc1N1CC(CCl)CC1=O. The Morgan fingerprint density at radius 1 is 1.56 bits per heavy atom. The van der Waals surface area contributed by atoms with E-state index in [4.69, 9.17) is 17.3 Å². The number of nitrogens with two attached hydrogens (primary N) is 1. The number of carbonyl (C=O) groups is 1. The second-order valence-electron chi connectivity index (χ2n) is 3.93. The third-order valence-electron chi connectivity index (χ3n) is 2.71. The molecule has 0 aromatic heterocycles. The minimum absolute atomic E-state index is 0.111. The summed E-state index contributed by atoms with van der Waals surface area (Å²) in [7, 11) is 0. The lowest BCUT2D eigenvalue weighted by atomic mass is 10.1. The molecule has 1 atom stereocenters. The van der Waals surface area contributed by atoms with Gasteiger partial charge in [-0.25, -0.2) is 0 Å². The number of nitrogen functional groups attached to an aromatic ring is 1. The summed E-state index contributed by atoms with van der Waals surface area (Å²) >= 11 is 8.00. The number of carbonyl (C=O) groups excluding carboxylic acids is 1. The summed E-state index contributed by atoms with van der Waals surface area (Å²) in [5.41, 5.74) is 7.34. The summed E-state index contributed by atoms with van der Waals surface area (Å²) in [6.07, 6.45) is 0.522. The molecule has 1 fully saturated rings. The first kappa shape index (κ1) is 12.0. The van der Waals surface area contributed by atoms with Crippen LogP contribution in [0.1, 0.15) is 6.42 Å². The van der Waals surface area contributed by atoms with Gasteiger partial charge in [0.05, 0.1) is 11.4 Å². The second-order valence-corrected chi connectivity index (χ2v) is 5.49. The first-order valence-electron chi connectivity index (χ1n) is 5.03. The van der Waals surface area contributed by atoms with Crippen molar-refractivity contribution in [1.82, 2.24) is 0 Å². The van der Waals surface area contributed by atoms with Gasteiger partial charge in [-0.15, -0.1) is 11.6 Å². The average molecular weight is 351 g/mol. The van der Waals surface area contributed by atoms with Crippen LogP contribution in [0.25, 0.3) is 0 Å². The zero-order chi connectivity index (χ0) is 11.7. The summed E-state index contributed by atoms with van der Waals surface area (Å²) in [6, 6.07) is 5.70. The van der Waals surface area contributed by atoms with Crippen molar-refractivity contribution in [3.8, 4) is 0 Å². The van der Waals surface area contributed by atoms with Crippen molar-refractivity contribution in [3.05, 3.63) is 21.8 Å². The van der Waals surface area contributed by atoms with Crippen LogP contribution in [0.15, 0.2) is 18.2 Å². The van der Waals surface area contributed by atoms with Gasteiger partial charge in [0.2, 0.25) is 5.91 Å². The largest absolute Gasteiger partial charge is 0.397 e. The van der Waals surface area contributed by atoms with Gasteiger partial charge in [0.25, 0.3) is 0 Å². The lowest BCUT2D eigenvalue weighted by Gasteiger charge is -2.18. The van der Waals surface area contributed by atoms with Crippen molar-refractivity contribution in [2.45, 2.75) is 6.42 Å². The predicted octanol–water partition coefficient (Wildman–Crippen LogP) is 2.47. The number of benzene rings is 1. The van der Waals surface area contributed by atoms with Gasteiger partial charge in [0.15, 0.2) is 0 Å². The van der Waals surface area contributed by atoms with Crippen LogP contribution in [0.5, 0.6) is 0 Å². The molecule has 16 heavy (non-hydrogen) atoms. The number of amides is 1. The van der Waals surface area contributed by atoms with Gasteiger partial charge in [-0.05, 0) is 46.7 Å². The molecule has 3 nitrogen and oxygen atoms in total. The summed E-state index contributed by atoms with van der Waals surface area (Å²) in [6.45, 7) is 0.673. The third-order valence-corrected chi connectivity index (χ3v) is 3.81. The van der Waals surface area contributed by atoms with E-state index < -0.39 is 0 Å². The number of rotatable bonds is 2. The van der Waals surface area contributed by atoms with Crippen LogP contribution >= 0.6 is 34.2 Å². The van der Waals surface area contributed by atoms with Crippen LogP contribution in [-0.4, -0.2) is 18.3 Å². The number of nitrogens with zero attached hydrogens (tertiary/aromatic N) is 1. The third kappa shape index (κ3) is 2.27. The van der Waals surface area contributed by atoms with Crippen molar-refractivity contribution in [2.75, 3.05) is 23.1 Å². The van der Waals surface area contributed by atoms with E-state index in [1.54, 1.807) is 4.90 Å². The van der Waals surface area contributed by atoms with Gasteiger partial charge in [0, 0.05) is 22.4 Å². The molecule has 1 aromatic rings. The lowest BCUT2D eigenvalue weighted by molar-refractivity contribution is -0.117. The van der Waals surface area contributed by atoms with Crippen LogP contribution in [0.3, 0.4) is 0 Å². The average Bonchev–Trinajstić information content (AvgIpc) is 2.63. The van der Waals surface area contributed by atoms with E-state index in [0.717, 1.165) is 9.26 Å². The maximum absolute atomic E-state index is 11.8. The van der Waals surface area contributed by atoms with Gasteiger partial charge < -0.3 is 10.6 Å². The van der Waals surface area contributed by atoms with Crippen LogP contribution < -0.4 is 10.6 Å². The number of halogens is 2. The zero-order valence-electron chi connectivity index (χ0n) is 8.62. The monoisotopic (exact) mass is 350 g/mol. The van der Waals surface area contributed by atoms with E-state index >= 15 is 0 Å². The van der Waals surface area contributed by atoms with Gasteiger partial charge >= 0.3 is 0 Å². The molecule has 0 aliphatic carbocycles. The molecule has 1 aliphatic rings. The molecule has 0 radical (unpaired) electrons. The van der Waals surface area contributed by atoms with Crippen molar-refractivity contribution in [3.63, 3.8) is 0 Å². The molecule has 0 spiro atoms. The lowest BCUT2D eigenvalue weighted by Crippen LogP contribution is -2.25. The highest BCUT2D eigenvalue weighted by atomic mass is 127. The molecule has 1 aromatic carbocycles. The number of hydrogen-bond acceptors (Lipinski definition) is 2. The molecule has 0 bridgehead atoms. The molecule has 1 saturated heterocycles. The van der Waals surface area contributed by atoms with Gasteiger partial charge in [-0.1, -0.05) is 0 Å². The van der Waals surface area contributed by atoms with E-state index in [2.05, 4.69) is 22.6 Å². The van der Waals surface area contributed by atoms with Gasteiger partial charge in [-0.2, -0.15) is 0 Å². The Kier molecular flexibility index (Phi) is 3.59. The Hall–Kier alpha value is -0.490. The topological polar surface area (TPSA) is 46.3 Å². The number of anilines is 2. The van der Waals surface area contributed by atoms with E-state index in [-0.39, 0.29) is 11.8 Å². The van der Waals surface area contributed by atoms with E-state index in [1.807, 2.05) is 18.2 Å². The summed E-state index contributed by atoms with van der Waals surface area (Å²) < 4.78 is 1.07. The van der Waals surface area contributed by atoms with Crippen molar-refractivity contribution < 1.29 is 4.79 Å². The Bertz CT molecular complexity index is 424. The van der Waals surface area contributed by atoms with Gasteiger partial charge in [-0.3, -0.25) is 4.79 Å². The summed E-state index contributed by atoms with van der Waals surface area (Å²) in [5, 5.41) is 0. The Labute approximate surface area is 113 Å². The van der Waals surface area contributed by atoms with Crippen molar-refractivity contribution >= 4 is 51.5 Å². The zero-order valence-corrected chi connectivity index (χ0v) is 11.5. The molecule has 86 valence electrons. The quantitative estimate of drug-likeness (QED) is 0.506. The van der Waals surface area contributed by atoms with Crippen LogP contribution in [-0.2, 0) is 4.79 Å². The van der Waals surface area contributed by atoms with E-state index in [0.29, 0.717) is 24.5 Å². The smallest absolute Gasteiger partial charge is 0.227 e. The van der Waals surface area contributed by atoms with E-state index in [1.165, 1.54) is 0 Å². The number of alkyl halides is 1. The van der Waals surface area contributed by atoms with Crippen LogP contribution in [0.2, 0.25) is 0 Å². The van der Waals surface area contributed by atoms with Gasteiger partial charge in [0.1, 0.15) is 0 Å². The first-order chi connectivity index (χ1) is 7.61. The Balaban J connectivity index is 2.30. The van der Waals surface area contributed by atoms with Crippen LogP contribution in [0.4, 0.5) is 11.4 Å². The minimum atomic E-state index is 0.111. The molecule has 1 aliphatic heterocycles. The molecule has 1 amide bonds. The standard InChI is InChI=1S/C11H12ClIN2O/c12-5-7-3-11(16)15(6-7)10-4-8(13)1-2-9(10)14/h1-2,4,7H,3,5-6,14H2. The highest BCUT2D eigenvalue weighted by Gasteiger charge is 2.30. The first-order valence-corrected chi connectivity index (χ1v) is 6.64. The summed E-state index contributed by atoms with van der Waals surface area (Å²) in [4.78, 5) is 13.6. The highest BCUT2D eigenvalue weighted by Crippen LogP contribution is 2.31. The number of hydrogen-bond donors (Lipinski definition) is 1. The maximum atomic E-state index is 11.8. The normalized spacial score (nSPS) is 20.5. The summed E-state index contributed by atoms with van der Waals surface area (Å²) in [5.74, 6) is 0.872. The van der Waals surface area contributed by atoms with Crippen molar-refractivity contribution in [1.29, 1.82) is 0 Å². The molecule has 2 rings (SSSR count). The Morgan fingerprint density at radius 2 is 2.31 bits per heavy atom. The fourth-order valence-electron chi connectivity index (χ4n) is 1.87. The van der Waals surface area contributed by atoms with Crippen molar-refractivity contribution in [2.24, 2.45) is 5.92 Å². The second kappa shape index (κ2) is 4.79. The molecular formula is C11H12ClIN2O.